The number of hydrogen-bond acceptors (Lipinski definition) is 5. The van der Waals surface area contributed by atoms with Crippen LogP contribution in [0.5, 0.6) is 0 Å². The maximum atomic E-state index is 12.4. The molecule has 0 aromatic heterocycles. The van der Waals surface area contributed by atoms with Crippen LogP contribution in [0.4, 0.5) is 0 Å². The second-order valence-corrected chi connectivity index (χ2v) is 10.6. The number of sulfonamides is 1. The maximum Gasteiger partial charge on any atom is 0.223 e. The number of hydrogen-bond donors (Lipinski definition) is 2. The smallest absolute Gasteiger partial charge is 0.223 e. The lowest BCUT2D eigenvalue weighted by atomic mass is 9.65. The molecular formula is C16H29N3O3S2. The van der Waals surface area contributed by atoms with Crippen molar-refractivity contribution in [1.29, 1.82) is 0 Å². The highest BCUT2D eigenvalue weighted by Crippen LogP contribution is 2.41. The fraction of sp³-hybridized carbons (Fsp3) is 0.938. The minimum Gasteiger partial charge on any atom is -0.355 e. The molecule has 3 fully saturated rings. The Morgan fingerprint density at radius 3 is 2.42 bits per heavy atom. The third-order valence-corrected chi connectivity index (χ3v) is 8.62. The van der Waals surface area contributed by atoms with Gasteiger partial charge in [-0.2, -0.15) is 11.8 Å². The quantitative estimate of drug-likeness (QED) is 0.735. The molecule has 138 valence electrons. The summed E-state index contributed by atoms with van der Waals surface area (Å²) in [5.74, 6) is 2.67. The molecule has 2 atom stereocenters. The summed E-state index contributed by atoms with van der Waals surface area (Å²) in [4.78, 5) is 12.4. The summed E-state index contributed by atoms with van der Waals surface area (Å²) in [5.41, 5.74) is 6.27. The average Bonchev–Trinajstić information content (AvgIpc) is 2.55. The van der Waals surface area contributed by atoms with Gasteiger partial charge >= 0.3 is 0 Å². The molecule has 24 heavy (non-hydrogen) atoms. The largest absolute Gasteiger partial charge is 0.355 e. The average molecular weight is 376 g/mol. The monoisotopic (exact) mass is 375 g/mol. The number of amides is 1. The molecule has 1 aliphatic heterocycles. The second-order valence-electron chi connectivity index (χ2n) is 7.32. The van der Waals surface area contributed by atoms with Crippen molar-refractivity contribution < 1.29 is 13.2 Å². The van der Waals surface area contributed by atoms with E-state index in [4.69, 9.17) is 5.73 Å². The molecule has 2 saturated carbocycles. The van der Waals surface area contributed by atoms with Gasteiger partial charge in [-0.15, -0.1) is 0 Å². The third kappa shape index (κ3) is 4.26. The van der Waals surface area contributed by atoms with Crippen LogP contribution in [0.15, 0.2) is 0 Å². The Balaban J connectivity index is 1.45. The van der Waals surface area contributed by atoms with Crippen LogP contribution in [0.1, 0.15) is 32.1 Å². The van der Waals surface area contributed by atoms with Gasteiger partial charge in [0.15, 0.2) is 0 Å². The van der Waals surface area contributed by atoms with Crippen molar-refractivity contribution in [1.82, 2.24) is 9.62 Å². The van der Waals surface area contributed by atoms with Crippen molar-refractivity contribution in [3.63, 3.8) is 0 Å². The summed E-state index contributed by atoms with van der Waals surface area (Å²) in [5, 5.41) is 2.86. The first-order chi connectivity index (χ1) is 11.5. The van der Waals surface area contributed by atoms with E-state index in [0.717, 1.165) is 37.2 Å². The number of thioether (sulfide) groups is 1. The first kappa shape index (κ1) is 18.5. The van der Waals surface area contributed by atoms with Crippen LogP contribution < -0.4 is 11.1 Å². The molecule has 1 amide bonds. The first-order valence-electron chi connectivity index (χ1n) is 9.06. The Morgan fingerprint density at radius 1 is 1.17 bits per heavy atom. The number of fused-ring (bicyclic) bond motifs is 2. The number of nitrogens with two attached hydrogens (primary N) is 1. The van der Waals surface area contributed by atoms with Crippen LogP contribution in [0, 0.1) is 17.8 Å². The van der Waals surface area contributed by atoms with Crippen LogP contribution in [-0.2, 0) is 14.8 Å². The highest BCUT2D eigenvalue weighted by Gasteiger charge is 2.40. The zero-order chi connectivity index (χ0) is 17.2. The standard InChI is InChI=1S/C16H29N3O3S2/c17-15-12-2-1-3-13(15)11-14(10-12)16(20)18-4-9-24(21,22)19-5-7-23-8-6-19/h12-15H,1-11,17H2,(H,18,20). The van der Waals surface area contributed by atoms with Crippen molar-refractivity contribution in [2.24, 2.45) is 23.5 Å². The Kier molecular flexibility index (Phi) is 6.11. The summed E-state index contributed by atoms with van der Waals surface area (Å²) in [6, 6.07) is 0.250. The Morgan fingerprint density at radius 2 is 1.79 bits per heavy atom. The lowest BCUT2D eigenvalue weighted by Gasteiger charge is -2.43. The van der Waals surface area contributed by atoms with Crippen LogP contribution in [0.2, 0.25) is 0 Å². The van der Waals surface area contributed by atoms with Gasteiger partial charge in [0, 0.05) is 43.1 Å². The first-order valence-corrected chi connectivity index (χ1v) is 11.8. The van der Waals surface area contributed by atoms with E-state index in [-0.39, 0.29) is 30.2 Å². The fourth-order valence-electron chi connectivity index (χ4n) is 4.40. The van der Waals surface area contributed by atoms with Gasteiger partial charge in [0.2, 0.25) is 15.9 Å². The van der Waals surface area contributed by atoms with Gasteiger partial charge in [0.1, 0.15) is 0 Å². The second kappa shape index (κ2) is 7.93. The predicted octanol–water partition coefficient (Wildman–Crippen LogP) is 0.635. The van der Waals surface area contributed by atoms with Crippen LogP contribution in [0.3, 0.4) is 0 Å². The zero-order valence-electron chi connectivity index (χ0n) is 14.2. The number of carbonyl (C=O) groups excluding carboxylic acids is 1. The van der Waals surface area contributed by atoms with Crippen molar-refractivity contribution in [2.75, 3.05) is 36.9 Å². The van der Waals surface area contributed by atoms with Crippen LogP contribution in [-0.4, -0.2) is 61.6 Å². The molecule has 8 heteroatoms. The third-order valence-electron chi connectivity index (χ3n) is 5.81. The summed E-state index contributed by atoms with van der Waals surface area (Å²) >= 11 is 1.78. The predicted molar refractivity (Wildman–Crippen MR) is 97.2 cm³/mol. The van der Waals surface area contributed by atoms with Crippen molar-refractivity contribution in [3.8, 4) is 0 Å². The van der Waals surface area contributed by atoms with Crippen molar-refractivity contribution in [3.05, 3.63) is 0 Å². The van der Waals surface area contributed by atoms with Gasteiger partial charge < -0.3 is 11.1 Å². The van der Waals surface area contributed by atoms with E-state index in [1.54, 1.807) is 16.1 Å². The molecule has 0 aromatic rings. The zero-order valence-corrected chi connectivity index (χ0v) is 15.8. The highest BCUT2D eigenvalue weighted by atomic mass is 32.2. The molecule has 3 rings (SSSR count). The highest BCUT2D eigenvalue weighted by molar-refractivity contribution is 7.99. The molecule has 0 radical (unpaired) electrons. The lowest BCUT2D eigenvalue weighted by molar-refractivity contribution is -0.127. The summed E-state index contributed by atoms with van der Waals surface area (Å²) in [6.45, 7) is 1.39. The van der Waals surface area contributed by atoms with E-state index in [1.165, 1.54) is 6.42 Å². The molecule has 2 bridgehead atoms. The number of rotatable bonds is 5. The van der Waals surface area contributed by atoms with Crippen molar-refractivity contribution in [2.45, 2.75) is 38.1 Å². The van der Waals surface area contributed by atoms with E-state index in [9.17, 15) is 13.2 Å². The van der Waals surface area contributed by atoms with E-state index >= 15 is 0 Å². The molecule has 3 N–H and O–H groups in total. The summed E-state index contributed by atoms with van der Waals surface area (Å²) < 4.78 is 26.1. The topological polar surface area (TPSA) is 92.5 Å². The number of nitrogens with one attached hydrogen (secondary N) is 1. The molecule has 1 heterocycles. The molecule has 1 saturated heterocycles. The molecular weight excluding hydrogens is 346 g/mol. The summed E-state index contributed by atoms with van der Waals surface area (Å²) in [7, 11) is -3.25. The molecule has 0 spiro atoms. The van der Waals surface area contributed by atoms with Gasteiger partial charge in [-0.1, -0.05) is 6.42 Å². The van der Waals surface area contributed by atoms with Gasteiger partial charge in [-0.05, 0) is 37.5 Å². The molecule has 2 aliphatic carbocycles. The molecule has 2 unspecified atom stereocenters. The van der Waals surface area contributed by atoms with Gasteiger partial charge in [-0.25, -0.2) is 12.7 Å². The van der Waals surface area contributed by atoms with E-state index < -0.39 is 10.0 Å². The summed E-state index contributed by atoms with van der Waals surface area (Å²) in [6.07, 6.45) is 5.20. The van der Waals surface area contributed by atoms with Gasteiger partial charge in [-0.3, -0.25) is 4.79 Å². The molecule has 0 aromatic carbocycles. The minimum absolute atomic E-state index is 0.00248. The Labute approximate surface area is 149 Å². The van der Waals surface area contributed by atoms with Gasteiger partial charge in [0.05, 0.1) is 5.75 Å². The van der Waals surface area contributed by atoms with Gasteiger partial charge in [0.25, 0.3) is 0 Å². The minimum atomic E-state index is -3.25. The Hall–Kier alpha value is -0.310. The van der Waals surface area contributed by atoms with E-state index in [1.807, 2.05) is 0 Å². The van der Waals surface area contributed by atoms with Crippen LogP contribution >= 0.6 is 11.8 Å². The SMILES string of the molecule is NC1C2CCCC1CC(C(=O)NCCS(=O)(=O)N1CCSCC1)C2. The van der Waals surface area contributed by atoms with Crippen molar-refractivity contribution >= 4 is 27.7 Å². The molecule has 3 aliphatic rings. The fourth-order valence-corrected chi connectivity index (χ4v) is 6.90. The normalized spacial score (nSPS) is 34.7. The molecule has 6 nitrogen and oxygen atoms in total. The number of carbonyl (C=O) groups is 1. The van der Waals surface area contributed by atoms with Crippen LogP contribution in [0.25, 0.3) is 0 Å². The number of nitrogens with zero attached hydrogens (tertiary/aromatic N) is 1. The maximum absolute atomic E-state index is 12.4. The van der Waals surface area contributed by atoms with E-state index in [2.05, 4.69) is 5.32 Å². The van der Waals surface area contributed by atoms with E-state index in [0.29, 0.717) is 24.9 Å². The Bertz CT molecular complexity index is 535. The lowest BCUT2D eigenvalue weighted by Crippen LogP contribution is -2.49.